The van der Waals surface area contributed by atoms with Gasteiger partial charge in [0.05, 0.1) is 36.7 Å². The Kier molecular flexibility index (Phi) is 6.80. The smallest absolute Gasteiger partial charge is 0.455 e. The summed E-state index contributed by atoms with van der Waals surface area (Å²) in [6.45, 7) is 3.96. The van der Waals surface area contributed by atoms with Crippen LogP contribution in [0.2, 0.25) is 0 Å². The highest BCUT2D eigenvalue weighted by Gasteiger charge is 2.42. The van der Waals surface area contributed by atoms with Gasteiger partial charge in [-0.1, -0.05) is 12.5 Å². The number of benzene rings is 1. The molecule has 1 aromatic carbocycles. The van der Waals surface area contributed by atoms with Crippen LogP contribution in [0.1, 0.15) is 34.1 Å². The fourth-order valence-electron chi connectivity index (χ4n) is 4.15. The third-order valence-electron chi connectivity index (χ3n) is 5.93. The Labute approximate surface area is 209 Å². The number of fused-ring (bicyclic) bond motifs is 1. The third kappa shape index (κ3) is 4.93. The molecule has 2 N–H and O–H groups in total. The van der Waals surface area contributed by atoms with Gasteiger partial charge < -0.3 is 20.1 Å². The lowest BCUT2D eigenvalue weighted by Crippen LogP contribution is -2.28. The molecule has 1 atom stereocenters. The Bertz CT molecular complexity index is 1450. The minimum absolute atomic E-state index is 0.0194. The molecule has 4 rings (SSSR count). The quantitative estimate of drug-likeness (QED) is 0.317. The lowest BCUT2D eigenvalue weighted by molar-refractivity contribution is -0.125. The number of methoxy groups -OCH3 is 2. The number of hydrogen-bond donors (Lipinski definition) is 1. The van der Waals surface area contributed by atoms with Crippen molar-refractivity contribution in [2.24, 2.45) is 0 Å². The van der Waals surface area contributed by atoms with Crippen LogP contribution in [0.25, 0.3) is 10.9 Å². The minimum atomic E-state index is -5.15. The number of ketones is 1. The molecule has 3 heterocycles. The van der Waals surface area contributed by atoms with Crippen molar-refractivity contribution in [1.29, 1.82) is 0 Å². The van der Waals surface area contributed by atoms with Crippen molar-refractivity contribution in [3.63, 3.8) is 0 Å². The molecule has 3 aromatic rings. The van der Waals surface area contributed by atoms with Gasteiger partial charge in [0, 0.05) is 30.9 Å². The number of carbonyl (C=O) groups is 2. The number of aromatic nitrogens is 3. The second-order valence-electron chi connectivity index (χ2n) is 8.18. The van der Waals surface area contributed by atoms with Gasteiger partial charge in [-0.05, 0) is 30.6 Å². The first-order valence-corrected chi connectivity index (χ1v) is 11.0. The first-order chi connectivity index (χ1) is 17.6. The topological polar surface area (TPSA) is 113 Å². The van der Waals surface area contributed by atoms with E-state index in [2.05, 4.69) is 28.5 Å². The van der Waals surface area contributed by atoms with E-state index < -0.39 is 23.6 Å². The predicted octanol–water partition coefficient (Wildman–Crippen LogP) is 3.13. The van der Waals surface area contributed by atoms with Crippen LogP contribution in [0.4, 0.5) is 19.0 Å². The molecule has 37 heavy (non-hydrogen) atoms. The van der Waals surface area contributed by atoms with Gasteiger partial charge in [0.1, 0.15) is 23.0 Å². The predicted molar refractivity (Wildman–Crippen MR) is 128 cm³/mol. The maximum Gasteiger partial charge on any atom is 0.455 e. The maximum atomic E-state index is 13.5. The molecule has 1 fully saturated rings. The Morgan fingerprint density at radius 2 is 1.86 bits per heavy atom. The summed E-state index contributed by atoms with van der Waals surface area (Å²) in [7, 11) is 2.96. The monoisotopic (exact) mass is 513 g/mol. The van der Waals surface area contributed by atoms with E-state index in [4.69, 9.17) is 15.2 Å². The van der Waals surface area contributed by atoms with Crippen LogP contribution in [-0.2, 0) is 4.79 Å². The van der Waals surface area contributed by atoms with Crippen molar-refractivity contribution < 1.29 is 32.2 Å². The zero-order valence-corrected chi connectivity index (χ0v) is 19.9. The molecule has 192 valence electrons. The lowest BCUT2D eigenvalue weighted by atomic mass is 10.1. The number of Topliss-reactive ketones (excluding diaryl/α,β-unsaturated/α-hetero) is 1. The van der Waals surface area contributed by atoms with Crippen molar-refractivity contribution in [2.45, 2.75) is 18.6 Å². The second kappa shape index (κ2) is 9.85. The molecule has 0 spiro atoms. The minimum Gasteiger partial charge on any atom is -0.497 e. The number of halogens is 3. The number of alkyl halides is 3. The van der Waals surface area contributed by atoms with Gasteiger partial charge in [0.25, 0.3) is 5.78 Å². The standard InChI is InChI=1S/C25H22F3N5O4/c1-4-20(34)32-8-7-15(13-32)33-22-18(23(35)25(26,27)28)12-30-24(29)21(22)19(31-33)6-5-14-9-16(36-2)11-17(10-14)37-3/h4,9-12,15H,1,7-8,13H2,2-3H3,(H2,29,30). The first-order valence-electron chi connectivity index (χ1n) is 11.0. The number of nitrogen functional groups attached to an aromatic ring is 1. The van der Waals surface area contributed by atoms with Crippen molar-refractivity contribution >= 4 is 28.4 Å². The molecule has 1 aliphatic heterocycles. The molecule has 1 saturated heterocycles. The summed E-state index contributed by atoms with van der Waals surface area (Å²) in [5.41, 5.74) is 5.74. The van der Waals surface area contributed by atoms with Crippen LogP contribution in [0.3, 0.4) is 0 Å². The van der Waals surface area contributed by atoms with Gasteiger partial charge in [-0.25, -0.2) is 4.98 Å². The maximum absolute atomic E-state index is 13.5. The number of nitrogens with zero attached hydrogens (tertiary/aromatic N) is 4. The van der Waals surface area contributed by atoms with Crippen LogP contribution >= 0.6 is 0 Å². The fourth-order valence-corrected chi connectivity index (χ4v) is 4.15. The molecule has 1 aliphatic rings. The summed E-state index contributed by atoms with van der Waals surface area (Å²) in [6, 6.07) is 4.42. The van der Waals surface area contributed by atoms with Gasteiger partial charge in [-0.3, -0.25) is 14.3 Å². The van der Waals surface area contributed by atoms with E-state index >= 15 is 0 Å². The first kappa shape index (κ1) is 25.6. The largest absolute Gasteiger partial charge is 0.497 e. The molecule has 0 bridgehead atoms. The highest BCUT2D eigenvalue weighted by atomic mass is 19.4. The van der Waals surface area contributed by atoms with Gasteiger partial charge in [0.2, 0.25) is 5.91 Å². The molecule has 1 unspecified atom stereocenters. The summed E-state index contributed by atoms with van der Waals surface area (Å²) in [4.78, 5) is 29.7. The third-order valence-corrected chi connectivity index (χ3v) is 5.93. The number of rotatable bonds is 5. The number of likely N-dealkylation sites (tertiary alicyclic amines) is 1. The van der Waals surface area contributed by atoms with E-state index in [1.54, 1.807) is 18.2 Å². The Hall–Kier alpha value is -4.53. The second-order valence-corrected chi connectivity index (χ2v) is 8.18. The summed E-state index contributed by atoms with van der Waals surface area (Å²) < 4.78 is 52.1. The van der Waals surface area contributed by atoms with Crippen LogP contribution in [-0.4, -0.2) is 64.8 Å². The highest BCUT2D eigenvalue weighted by molar-refractivity contribution is 6.12. The summed E-state index contributed by atoms with van der Waals surface area (Å²) in [5.74, 6) is 4.16. The van der Waals surface area contributed by atoms with Crippen molar-refractivity contribution in [1.82, 2.24) is 19.7 Å². The number of anilines is 1. The Morgan fingerprint density at radius 1 is 1.19 bits per heavy atom. The van der Waals surface area contributed by atoms with Gasteiger partial charge in [0.15, 0.2) is 0 Å². The molecule has 0 saturated carbocycles. The number of nitrogens with two attached hydrogens (primary N) is 1. The van der Waals surface area contributed by atoms with Crippen LogP contribution < -0.4 is 15.2 Å². The number of carbonyl (C=O) groups excluding carboxylic acids is 2. The van der Waals surface area contributed by atoms with Crippen LogP contribution in [0.15, 0.2) is 37.1 Å². The SMILES string of the molecule is C=CC(=O)N1CCC(n2nc(C#Cc3cc(OC)cc(OC)c3)c3c(N)ncc(C(=O)C(F)(F)F)c32)C1. The van der Waals surface area contributed by atoms with Gasteiger partial charge in [-0.15, -0.1) is 0 Å². The zero-order chi connectivity index (χ0) is 26.9. The van der Waals surface area contributed by atoms with E-state index in [0.717, 1.165) is 12.3 Å². The number of pyridine rings is 1. The van der Waals surface area contributed by atoms with E-state index in [1.807, 2.05) is 0 Å². The number of hydrogen-bond acceptors (Lipinski definition) is 7. The van der Waals surface area contributed by atoms with Gasteiger partial charge >= 0.3 is 6.18 Å². The van der Waals surface area contributed by atoms with E-state index in [-0.39, 0.29) is 34.9 Å². The highest BCUT2D eigenvalue weighted by Crippen LogP contribution is 2.34. The van der Waals surface area contributed by atoms with E-state index in [9.17, 15) is 22.8 Å². The van der Waals surface area contributed by atoms with Gasteiger partial charge in [-0.2, -0.15) is 18.3 Å². The Balaban J connectivity index is 1.91. The molecule has 0 aliphatic carbocycles. The van der Waals surface area contributed by atoms with Crippen LogP contribution in [0, 0.1) is 11.8 Å². The van der Waals surface area contributed by atoms with Crippen molar-refractivity contribution in [3.05, 3.63) is 53.9 Å². The summed E-state index contributed by atoms with van der Waals surface area (Å²) in [5, 5.41) is 4.47. The van der Waals surface area contributed by atoms with E-state index in [0.29, 0.717) is 30.0 Å². The fraction of sp³-hybridized carbons (Fsp3) is 0.280. The zero-order valence-electron chi connectivity index (χ0n) is 19.9. The molecule has 9 nitrogen and oxygen atoms in total. The van der Waals surface area contributed by atoms with Crippen molar-refractivity contribution in [3.8, 4) is 23.3 Å². The van der Waals surface area contributed by atoms with E-state index in [1.165, 1.54) is 23.8 Å². The molecule has 2 aromatic heterocycles. The average Bonchev–Trinajstić information content (AvgIpc) is 3.52. The Morgan fingerprint density at radius 3 is 2.46 bits per heavy atom. The average molecular weight is 513 g/mol. The number of amides is 1. The lowest BCUT2D eigenvalue weighted by Gasteiger charge is -2.16. The molecule has 12 heteroatoms. The molecule has 0 radical (unpaired) electrons. The molecule has 1 amide bonds. The van der Waals surface area contributed by atoms with Crippen LogP contribution in [0.5, 0.6) is 11.5 Å². The van der Waals surface area contributed by atoms with Crippen molar-refractivity contribution in [2.75, 3.05) is 33.0 Å². The summed E-state index contributed by atoms with van der Waals surface area (Å²) >= 11 is 0. The number of ether oxygens (including phenoxy) is 2. The molecular formula is C25H22F3N5O4. The molecular weight excluding hydrogens is 491 g/mol. The summed E-state index contributed by atoms with van der Waals surface area (Å²) in [6.07, 6.45) is -2.82. The normalized spacial score (nSPS) is 15.3.